The molecule has 0 fully saturated rings. The molecule has 0 atom stereocenters. The molecule has 0 heterocycles. The molecule has 0 saturated heterocycles. The van der Waals surface area contributed by atoms with Crippen molar-refractivity contribution in [3.05, 3.63) is 41.4 Å². The van der Waals surface area contributed by atoms with Crippen LogP contribution in [0.5, 0.6) is 0 Å². The predicted molar refractivity (Wildman–Crippen MR) is 53.7 cm³/mol. The van der Waals surface area contributed by atoms with Crippen LogP contribution >= 0.6 is 23.4 Å². The second-order valence-corrected chi connectivity index (χ2v) is 3.44. The van der Waals surface area contributed by atoms with E-state index in [0.717, 1.165) is 22.2 Å². The number of hydrogen-bond donors (Lipinski definition) is 0. The van der Waals surface area contributed by atoms with Crippen molar-refractivity contribution >= 4 is 28.3 Å². The van der Waals surface area contributed by atoms with E-state index >= 15 is 0 Å². The van der Waals surface area contributed by atoms with E-state index in [1.165, 1.54) is 0 Å². The number of thiocyanates is 1. The molecule has 3 heteroatoms. The van der Waals surface area contributed by atoms with E-state index in [2.05, 4.69) is 6.58 Å². The summed E-state index contributed by atoms with van der Waals surface area (Å²) >= 11 is 6.75. The Morgan fingerprint density at radius 3 is 2.50 bits per heavy atom. The van der Waals surface area contributed by atoms with Crippen LogP contribution < -0.4 is 0 Å². The Kier molecular flexibility index (Phi) is 3.21. The fourth-order valence-electron chi connectivity index (χ4n) is 0.750. The molecule has 1 aromatic carbocycles. The van der Waals surface area contributed by atoms with Gasteiger partial charge in [0.2, 0.25) is 0 Å². The fourth-order valence-corrected chi connectivity index (χ4v) is 1.24. The zero-order chi connectivity index (χ0) is 8.97. The van der Waals surface area contributed by atoms with Crippen molar-refractivity contribution in [2.24, 2.45) is 0 Å². The van der Waals surface area contributed by atoms with Crippen LogP contribution in [0.4, 0.5) is 0 Å². The van der Waals surface area contributed by atoms with Gasteiger partial charge in [-0.3, -0.25) is 0 Å². The number of nitrogens with zero attached hydrogens (tertiary/aromatic N) is 1. The quantitative estimate of drug-likeness (QED) is 0.675. The standard InChI is InChI=1S/C9H6ClNS/c1-7(12-6-11)8-2-4-9(10)5-3-8/h2-5H,1H2. The van der Waals surface area contributed by atoms with Crippen molar-refractivity contribution in [2.75, 3.05) is 0 Å². The van der Waals surface area contributed by atoms with Crippen LogP contribution in [0.15, 0.2) is 30.8 Å². The molecule has 1 nitrogen and oxygen atoms in total. The number of thioether (sulfide) groups is 1. The van der Waals surface area contributed by atoms with Gasteiger partial charge < -0.3 is 0 Å². The third-order valence-corrected chi connectivity index (χ3v) is 2.16. The van der Waals surface area contributed by atoms with E-state index in [9.17, 15) is 0 Å². The van der Waals surface area contributed by atoms with Crippen LogP contribution in [0, 0.1) is 10.7 Å². The van der Waals surface area contributed by atoms with E-state index < -0.39 is 0 Å². The third-order valence-electron chi connectivity index (χ3n) is 1.34. The Bertz CT molecular complexity index is 323. The van der Waals surface area contributed by atoms with Gasteiger partial charge in [0.05, 0.1) is 0 Å². The maximum absolute atomic E-state index is 8.38. The van der Waals surface area contributed by atoms with Crippen LogP contribution in [-0.2, 0) is 0 Å². The normalized spacial score (nSPS) is 9.00. The number of rotatable bonds is 2. The lowest BCUT2D eigenvalue weighted by molar-refractivity contribution is 1.57. The summed E-state index contributed by atoms with van der Waals surface area (Å²) in [6.45, 7) is 3.74. The average Bonchev–Trinajstić information content (AvgIpc) is 2.06. The second-order valence-electron chi connectivity index (χ2n) is 2.12. The maximum atomic E-state index is 8.38. The highest BCUT2D eigenvalue weighted by Gasteiger charge is 1.97. The highest BCUT2D eigenvalue weighted by atomic mass is 35.5. The van der Waals surface area contributed by atoms with Gasteiger partial charge in [0, 0.05) is 9.93 Å². The van der Waals surface area contributed by atoms with Gasteiger partial charge in [-0.2, -0.15) is 5.26 Å². The van der Waals surface area contributed by atoms with Gasteiger partial charge in [-0.1, -0.05) is 30.3 Å². The lowest BCUT2D eigenvalue weighted by atomic mass is 10.2. The number of hydrogen-bond acceptors (Lipinski definition) is 2. The zero-order valence-corrected chi connectivity index (χ0v) is 7.82. The first kappa shape index (κ1) is 9.18. The molecule has 0 N–H and O–H groups in total. The second kappa shape index (κ2) is 4.20. The molecule has 1 rings (SSSR count). The van der Waals surface area contributed by atoms with E-state index in [-0.39, 0.29) is 0 Å². The lowest BCUT2D eigenvalue weighted by Gasteiger charge is -1.98. The van der Waals surface area contributed by atoms with E-state index in [1.54, 1.807) is 12.1 Å². The van der Waals surface area contributed by atoms with Crippen LogP contribution in [0.25, 0.3) is 4.91 Å². The Morgan fingerprint density at radius 1 is 1.42 bits per heavy atom. The van der Waals surface area contributed by atoms with Crippen molar-refractivity contribution in [1.82, 2.24) is 0 Å². The summed E-state index contributed by atoms with van der Waals surface area (Å²) in [5, 5.41) is 11.0. The lowest BCUT2D eigenvalue weighted by Crippen LogP contribution is -1.75. The molecule has 0 saturated carbocycles. The van der Waals surface area contributed by atoms with Gasteiger partial charge >= 0.3 is 0 Å². The third kappa shape index (κ3) is 2.30. The van der Waals surface area contributed by atoms with Gasteiger partial charge in [-0.05, 0) is 29.5 Å². The minimum atomic E-state index is 0.688. The van der Waals surface area contributed by atoms with Gasteiger partial charge in [-0.25, -0.2) is 0 Å². The average molecular weight is 196 g/mol. The smallest absolute Gasteiger partial charge is 0.138 e. The van der Waals surface area contributed by atoms with Gasteiger partial charge in [0.25, 0.3) is 0 Å². The summed E-state index contributed by atoms with van der Waals surface area (Å²) < 4.78 is 0. The monoisotopic (exact) mass is 195 g/mol. The van der Waals surface area contributed by atoms with Crippen LogP contribution in [0.2, 0.25) is 5.02 Å². The van der Waals surface area contributed by atoms with Gasteiger partial charge in [0.1, 0.15) is 5.40 Å². The molecule has 0 aliphatic carbocycles. The number of benzene rings is 1. The molecule has 0 amide bonds. The summed E-state index contributed by atoms with van der Waals surface area (Å²) in [5.74, 6) is 0. The topological polar surface area (TPSA) is 23.8 Å². The highest BCUT2D eigenvalue weighted by molar-refractivity contribution is 8.12. The molecule has 0 aliphatic heterocycles. The SMILES string of the molecule is C=C(SC#N)c1ccc(Cl)cc1. The molecule has 0 radical (unpaired) electrons. The Balaban J connectivity index is 2.84. The molecule has 1 aromatic rings. The maximum Gasteiger partial charge on any atom is 0.138 e. The van der Waals surface area contributed by atoms with Crippen molar-refractivity contribution in [3.63, 3.8) is 0 Å². The van der Waals surface area contributed by atoms with Crippen LogP contribution in [-0.4, -0.2) is 0 Å². The summed E-state index contributed by atoms with van der Waals surface area (Å²) in [6, 6.07) is 7.24. The van der Waals surface area contributed by atoms with Gasteiger partial charge in [0.15, 0.2) is 0 Å². The minimum absolute atomic E-state index is 0.688. The molecule has 0 aromatic heterocycles. The molecule has 12 heavy (non-hydrogen) atoms. The minimum Gasteiger partial charge on any atom is -0.185 e. The van der Waals surface area contributed by atoms with E-state index in [0.29, 0.717) is 5.02 Å². The van der Waals surface area contributed by atoms with E-state index in [4.69, 9.17) is 16.9 Å². The zero-order valence-electron chi connectivity index (χ0n) is 6.25. The molecule has 0 bridgehead atoms. The van der Waals surface area contributed by atoms with Crippen molar-refractivity contribution in [3.8, 4) is 5.40 Å². The van der Waals surface area contributed by atoms with Crippen molar-refractivity contribution in [2.45, 2.75) is 0 Å². The van der Waals surface area contributed by atoms with Crippen molar-refractivity contribution < 1.29 is 0 Å². The summed E-state index contributed by atoms with van der Waals surface area (Å²) in [6.07, 6.45) is 0. The molecular weight excluding hydrogens is 190 g/mol. The Morgan fingerprint density at radius 2 is 2.00 bits per heavy atom. The van der Waals surface area contributed by atoms with Crippen LogP contribution in [0.1, 0.15) is 5.56 Å². The molecule has 0 unspecified atom stereocenters. The molecule has 0 spiro atoms. The molecule has 60 valence electrons. The summed E-state index contributed by atoms with van der Waals surface area (Å²) in [5.41, 5.74) is 0.936. The Hall–Kier alpha value is -0.910. The van der Waals surface area contributed by atoms with Crippen LogP contribution in [0.3, 0.4) is 0 Å². The summed E-state index contributed by atoms with van der Waals surface area (Å²) in [7, 11) is 0. The highest BCUT2D eigenvalue weighted by Crippen LogP contribution is 2.25. The number of halogens is 1. The fraction of sp³-hybridized carbons (Fsp3) is 0. The first-order chi connectivity index (χ1) is 5.74. The van der Waals surface area contributed by atoms with Gasteiger partial charge in [-0.15, -0.1) is 0 Å². The number of nitriles is 1. The van der Waals surface area contributed by atoms with Crippen molar-refractivity contribution in [1.29, 1.82) is 5.26 Å². The first-order valence-corrected chi connectivity index (χ1v) is 4.44. The predicted octanol–water partition coefficient (Wildman–Crippen LogP) is 3.52. The molecule has 0 aliphatic rings. The summed E-state index contributed by atoms with van der Waals surface area (Å²) in [4.78, 5) is 0.745. The first-order valence-electron chi connectivity index (χ1n) is 3.25. The largest absolute Gasteiger partial charge is 0.185 e. The Labute approximate surface area is 80.7 Å². The van der Waals surface area contributed by atoms with E-state index in [1.807, 2.05) is 17.5 Å². The molecular formula is C9H6ClNS.